The highest BCUT2D eigenvalue weighted by atomic mass is 35.5. The van der Waals surface area contributed by atoms with Gasteiger partial charge in [-0.3, -0.25) is 0 Å². The zero-order valence-corrected chi connectivity index (χ0v) is 13.9. The number of carbonyl (C=O) groups excluding carboxylic acids is 1. The summed E-state index contributed by atoms with van der Waals surface area (Å²) in [5, 5.41) is 15.1. The lowest BCUT2D eigenvalue weighted by atomic mass is 10.2. The highest BCUT2D eigenvalue weighted by molar-refractivity contribution is 8.06. The van der Waals surface area contributed by atoms with Gasteiger partial charge in [-0.05, 0) is 36.4 Å². The van der Waals surface area contributed by atoms with Crippen molar-refractivity contribution in [3.8, 4) is 6.07 Å². The third-order valence-corrected chi connectivity index (χ3v) is 4.32. The van der Waals surface area contributed by atoms with Crippen LogP contribution in [0.1, 0.15) is 5.56 Å². The van der Waals surface area contributed by atoms with E-state index in [0.29, 0.717) is 21.4 Å². The van der Waals surface area contributed by atoms with Gasteiger partial charge in [0, 0.05) is 21.7 Å². The number of nitrogens with one attached hydrogen (secondary N) is 1. The maximum absolute atomic E-state index is 12.3. The minimum atomic E-state index is -0.692. The van der Waals surface area contributed by atoms with E-state index in [2.05, 4.69) is 5.32 Å². The summed E-state index contributed by atoms with van der Waals surface area (Å²) in [5.74, 6) is -0.318. The second kappa shape index (κ2) is 7.26. The van der Waals surface area contributed by atoms with Gasteiger partial charge in [0.1, 0.15) is 16.9 Å². The topological polar surface area (TPSA) is 62.1 Å². The van der Waals surface area contributed by atoms with E-state index in [0.717, 1.165) is 5.69 Å². The Morgan fingerprint density at radius 1 is 1.08 bits per heavy atom. The highest BCUT2D eigenvalue weighted by Gasteiger charge is 2.23. The molecule has 0 saturated carbocycles. The number of anilines is 1. The number of nitrogens with zero attached hydrogens (tertiary/aromatic N) is 1. The normalized spacial score (nSPS) is 14.3. The third kappa shape index (κ3) is 3.62. The molecule has 1 heterocycles. The molecular weight excluding hydrogens is 344 g/mol. The Morgan fingerprint density at radius 2 is 1.79 bits per heavy atom. The van der Waals surface area contributed by atoms with Gasteiger partial charge in [-0.25, -0.2) is 4.79 Å². The molecule has 2 aromatic carbocycles. The number of hydrogen-bond donors (Lipinski definition) is 1. The molecule has 0 spiro atoms. The molecule has 0 atom stereocenters. The van der Waals surface area contributed by atoms with Gasteiger partial charge in [-0.2, -0.15) is 5.26 Å². The molecule has 1 N–H and O–H groups in total. The van der Waals surface area contributed by atoms with Crippen LogP contribution in [0.25, 0.3) is 5.76 Å². The fourth-order valence-electron chi connectivity index (χ4n) is 2.02. The Balaban J connectivity index is 1.91. The SMILES string of the molecule is N#CC1=C(Nc2ccccc2)SC=C(c2ccc(Cl)cc2)OC1=O. The fraction of sp³-hybridized carbons (Fsp3) is 0. The molecule has 3 rings (SSSR count). The van der Waals surface area contributed by atoms with Gasteiger partial charge in [0.15, 0.2) is 5.57 Å². The molecule has 24 heavy (non-hydrogen) atoms. The average molecular weight is 355 g/mol. The Kier molecular flexibility index (Phi) is 4.90. The molecule has 118 valence electrons. The summed E-state index contributed by atoms with van der Waals surface area (Å²) in [7, 11) is 0. The molecular formula is C18H11ClN2O2S. The van der Waals surface area contributed by atoms with Crippen LogP contribution in [0, 0.1) is 11.3 Å². The number of rotatable bonds is 3. The molecule has 0 radical (unpaired) electrons. The standard InChI is InChI=1S/C18H11ClN2O2S/c19-13-8-6-12(7-9-13)16-11-24-17(15(10-20)18(22)23-16)21-14-4-2-1-3-5-14/h1-9,11,21H. The van der Waals surface area contributed by atoms with Crippen molar-refractivity contribution >= 4 is 40.8 Å². The monoisotopic (exact) mass is 354 g/mol. The number of hydrogen-bond acceptors (Lipinski definition) is 5. The summed E-state index contributed by atoms with van der Waals surface area (Å²) in [5.41, 5.74) is 1.42. The maximum Gasteiger partial charge on any atom is 0.357 e. The summed E-state index contributed by atoms with van der Waals surface area (Å²) >= 11 is 7.10. The Labute approximate surface area is 148 Å². The predicted molar refractivity (Wildman–Crippen MR) is 95.8 cm³/mol. The number of nitriles is 1. The summed E-state index contributed by atoms with van der Waals surface area (Å²) < 4.78 is 5.35. The number of halogens is 1. The van der Waals surface area contributed by atoms with E-state index >= 15 is 0 Å². The van der Waals surface area contributed by atoms with Gasteiger partial charge in [0.2, 0.25) is 0 Å². The number of cyclic esters (lactones) is 1. The Hall–Kier alpha value is -2.68. The summed E-state index contributed by atoms with van der Waals surface area (Å²) in [6.45, 7) is 0. The van der Waals surface area contributed by atoms with Crippen molar-refractivity contribution < 1.29 is 9.53 Å². The van der Waals surface area contributed by atoms with Crippen molar-refractivity contribution in [1.29, 1.82) is 5.26 Å². The number of benzene rings is 2. The largest absolute Gasteiger partial charge is 0.421 e. The van der Waals surface area contributed by atoms with Crippen LogP contribution in [-0.4, -0.2) is 5.97 Å². The van der Waals surface area contributed by atoms with Crippen molar-refractivity contribution in [3.63, 3.8) is 0 Å². The van der Waals surface area contributed by atoms with Crippen molar-refractivity contribution in [2.45, 2.75) is 0 Å². The predicted octanol–water partition coefficient (Wildman–Crippen LogP) is 4.78. The second-order valence-electron chi connectivity index (χ2n) is 4.80. The van der Waals surface area contributed by atoms with E-state index in [1.165, 1.54) is 11.8 Å². The van der Waals surface area contributed by atoms with Gasteiger partial charge in [0.05, 0.1) is 0 Å². The summed E-state index contributed by atoms with van der Waals surface area (Å²) in [6, 6.07) is 18.2. The van der Waals surface area contributed by atoms with Crippen molar-refractivity contribution in [1.82, 2.24) is 0 Å². The van der Waals surface area contributed by atoms with E-state index in [1.807, 2.05) is 36.4 Å². The first-order valence-corrected chi connectivity index (χ1v) is 8.24. The van der Waals surface area contributed by atoms with Crippen molar-refractivity contribution in [2.75, 3.05) is 5.32 Å². The molecule has 0 saturated heterocycles. The van der Waals surface area contributed by atoms with Crippen molar-refractivity contribution in [3.05, 3.63) is 81.2 Å². The smallest absolute Gasteiger partial charge is 0.357 e. The van der Waals surface area contributed by atoms with Gasteiger partial charge < -0.3 is 10.1 Å². The fourth-order valence-corrected chi connectivity index (χ4v) is 2.98. The molecule has 1 aliphatic rings. The average Bonchev–Trinajstić information content (AvgIpc) is 2.75. The highest BCUT2D eigenvalue weighted by Crippen LogP contribution is 2.32. The lowest BCUT2D eigenvalue weighted by molar-refractivity contribution is -0.131. The van der Waals surface area contributed by atoms with Crippen LogP contribution in [0.5, 0.6) is 0 Å². The van der Waals surface area contributed by atoms with Gasteiger partial charge >= 0.3 is 5.97 Å². The van der Waals surface area contributed by atoms with Crippen LogP contribution >= 0.6 is 23.4 Å². The van der Waals surface area contributed by atoms with Crippen LogP contribution in [0.3, 0.4) is 0 Å². The number of carbonyl (C=O) groups is 1. The first-order valence-electron chi connectivity index (χ1n) is 6.99. The lowest BCUT2D eigenvalue weighted by Gasteiger charge is -2.08. The molecule has 0 bridgehead atoms. The van der Waals surface area contributed by atoms with E-state index in [1.54, 1.807) is 29.7 Å². The maximum atomic E-state index is 12.3. The second-order valence-corrected chi connectivity index (χ2v) is 6.12. The molecule has 0 aromatic heterocycles. The number of ether oxygens (including phenoxy) is 1. The third-order valence-electron chi connectivity index (χ3n) is 3.19. The molecule has 0 unspecified atom stereocenters. The van der Waals surface area contributed by atoms with Crippen molar-refractivity contribution in [2.24, 2.45) is 0 Å². The quantitative estimate of drug-likeness (QED) is 0.804. The number of para-hydroxylation sites is 1. The molecule has 6 heteroatoms. The van der Waals surface area contributed by atoms with E-state index in [9.17, 15) is 10.1 Å². The Morgan fingerprint density at radius 3 is 2.46 bits per heavy atom. The molecule has 0 aliphatic carbocycles. The van der Waals surface area contributed by atoms with Crippen LogP contribution < -0.4 is 5.32 Å². The summed E-state index contributed by atoms with van der Waals surface area (Å²) in [6.07, 6.45) is 0. The van der Waals surface area contributed by atoms with E-state index < -0.39 is 5.97 Å². The molecule has 4 nitrogen and oxygen atoms in total. The first-order chi connectivity index (χ1) is 11.7. The molecule has 1 aliphatic heterocycles. The van der Waals surface area contributed by atoms with Crippen LogP contribution in [-0.2, 0) is 9.53 Å². The molecule has 0 fully saturated rings. The zero-order chi connectivity index (χ0) is 16.9. The lowest BCUT2D eigenvalue weighted by Crippen LogP contribution is -2.09. The minimum absolute atomic E-state index is 0.0657. The summed E-state index contributed by atoms with van der Waals surface area (Å²) in [4.78, 5) is 12.3. The van der Waals surface area contributed by atoms with Crippen LogP contribution in [0.4, 0.5) is 5.69 Å². The van der Waals surface area contributed by atoms with E-state index in [-0.39, 0.29) is 5.57 Å². The minimum Gasteiger partial charge on any atom is -0.421 e. The zero-order valence-electron chi connectivity index (χ0n) is 12.3. The number of esters is 1. The van der Waals surface area contributed by atoms with E-state index in [4.69, 9.17) is 16.3 Å². The van der Waals surface area contributed by atoms with Gasteiger partial charge in [-0.15, -0.1) is 0 Å². The molecule has 0 amide bonds. The van der Waals surface area contributed by atoms with Crippen LogP contribution in [0.2, 0.25) is 5.02 Å². The first kappa shape index (κ1) is 16.2. The van der Waals surface area contributed by atoms with Gasteiger partial charge in [-0.1, -0.05) is 41.6 Å². The van der Waals surface area contributed by atoms with Gasteiger partial charge in [0.25, 0.3) is 0 Å². The van der Waals surface area contributed by atoms with Crippen LogP contribution in [0.15, 0.2) is 70.6 Å². The Bertz CT molecular complexity index is 868. The molecule has 2 aromatic rings. The number of thioether (sulfide) groups is 1.